The summed E-state index contributed by atoms with van der Waals surface area (Å²) in [5, 5.41) is 0. The zero-order valence-corrected chi connectivity index (χ0v) is 27.5. The van der Waals surface area contributed by atoms with Crippen LogP contribution in [-0.2, 0) is 0 Å². The van der Waals surface area contributed by atoms with Crippen LogP contribution in [0.2, 0.25) is 0 Å². The highest BCUT2D eigenvalue weighted by molar-refractivity contribution is 4.97. The monoisotopic (exact) mass is 547 g/mol. The van der Waals surface area contributed by atoms with E-state index in [2.05, 4.69) is 43.0 Å². The second-order valence-electron chi connectivity index (χ2n) is 12.9. The molecule has 1 aliphatic rings. The quantitative estimate of drug-likeness (QED) is 0.0798. The van der Waals surface area contributed by atoms with Crippen molar-refractivity contribution in [2.75, 3.05) is 13.1 Å². The normalized spacial score (nSPS) is 15.2. The Bertz CT molecular complexity index is 502. The Morgan fingerprint density at radius 2 is 0.590 bits per heavy atom. The van der Waals surface area contributed by atoms with Crippen LogP contribution in [0.25, 0.3) is 0 Å². The molecule has 0 fully saturated rings. The molecule has 0 aliphatic carbocycles. The summed E-state index contributed by atoms with van der Waals surface area (Å²) >= 11 is 0. The van der Waals surface area contributed by atoms with Gasteiger partial charge < -0.3 is 9.80 Å². The van der Waals surface area contributed by atoms with Crippen molar-refractivity contribution >= 4 is 0 Å². The molecule has 0 aromatic carbocycles. The van der Waals surface area contributed by atoms with Crippen LogP contribution in [0.4, 0.5) is 0 Å². The van der Waals surface area contributed by atoms with Crippen LogP contribution < -0.4 is 0 Å². The van der Waals surface area contributed by atoms with Crippen molar-refractivity contribution < 1.29 is 0 Å². The first-order chi connectivity index (χ1) is 19.3. The SMILES string of the molecule is CCCCCCCCCCCCCCCCN1C=CN(CCCCCCCCCCC)C1CCCCCCC. The van der Waals surface area contributed by atoms with E-state index in [9.17, 15) is 0 Å². The molecule has 0 spiro atoms. The van der Waals surface area contributed by atoms with Gasteiger partial charge in [0.25, 0.3) is 0 Å². The maximum atomic E-state index is 2.70. The molecule has 0 saturated carbocycles. The molecule has 2 nitrogen and oxygen atoms in total. The highest BCUT2D eigenvalue weighted by atomic mass is 15.4. The van der Waals surface area contributed by atoms with E-state index in [0.29, 0.717) is 6.17 Å². The van der Waals surface area contributed by atoms with E-state index >= 15 is 0 Å². The van der Waals surface area contributed by atoms with Gasteiger partial charge in [0.15, 0.2) is 0 Å². The maximum Gasteiger partial charge on any atom is 0.101 e. The third-order valence-corrected chi connectivity index (χ3v) is 9.07. The number of rotatable bonds is 31. The van der Waals surface area contributed by atoms with E-state index in [1.165, 1.54) is 199 Å². The molecule has 0 N–H and O–H groups in total. The van der Waals surface area contributed by atoms with Gasteiger partial charge in [-0.3, -0.25) is 0 Å². The van der Waals surface area contributed by atoms with Crippen LogP contribution in [0.3, 0.4) is 0 Å². The van der Waals surface area contributed by atoms with Crippen molar-refractivity contribution in [2.24, 2.45) is 0 Å². The average molecular weight is 547 g/mol. The van der Waals surface area contributed by atoms with Gasteiger partial charge in [-0.05, 0) is 25.7 Å². The molecule has 2 heteroatoms. The predicted octanol–water partition coefficient (Wildman–Crippen LogP) is 12.8. The highest BCUT2D eigenvalue weighted by Gasteiger charge is 2.24. The summed E-state index contributed by atoms with van der Waals surface area (Å²) in [6, 6.07) is 0. The summed E-state index contributed by atoms with van der Waals surface area (Å²) in [6.45, 7) is 9.48. The summed E-state index contributed by atoms with van der Waals surface area (Å²) in [5.74, 6) is 0. The molecule has 0 aromatic heterocycles. The van der Waals surface area contributed by atoms with Gasteiger partial charge in [0.2, 0.25) is 0 Å². The summed E-state index contributed by atoms with van der Waals surface area (Å²) in [6.07, 6.45) is 47.0. The summed E-state index contributed by atoms with van der Waals surface area (Å²) in [4.78, 5) is 5.40. The van der Waals surface area contributed by atoms with E-state index in [1.807, 2.05) is 0 Å². The van der Waals surface area contributed by atoms with Crippen LogP contribution in [0.5, 0.6) is 0 Å². The first-order valence-corrected chi connectivity index (χ1v) is 18.5. The van der Waals surface area contributed by atoms with Crippen LogP contribution in [0.15, 0.2) is 12.4 Å². The molecule has 0 amide bonds. The fourth-order valence-corrected chi connectivity index (χ4v) is 6.36. The number of hydrogen-bond acceptors (Lipinski definition) is 2. The maximum absolute atomic E-state index is 2.70. The van der Waals surface area contributed by atoms with E-state index in [4.69, 9.17) is 0 Å². The van der Waals surface area contributed by atoms with E-state index in [1.54, 1.807) is 0 Å². The molecular formula is C37H74N2. The van der Waals surface area contributed by atoms with Gasteiger partial charge in [-0.25, -0.2) is 0 Å². The second-order valence-corrected chi connectivity index (χ2v) is 12.9. The molecule has 39 heavy (non-hydrogen) atoms. The van der Waals surface area contributed by atoms with Crippen LogP contribution >= 0.6 is 0 Å². The lowest BCUT2D eigenvalue weighted by Gasteiger charge is -2.33. The lowest BCUT2D eigenvalue weighted by atomic mass is 10.0. The standard InChI is InChI=1S/C37H74N2/c1-4-7-10-13-15-17-18-19-20-21-23-25-28-31-34-39-36-35-38(37(39)32-29-26-12-9-6-3)33-30-27-24-22-16-14-11-8-5-2/h35-37H,4-34H2,1-3H3. The zero-order valence-electron chi connectivity index (χ0n) is 27.5. The molecule has 1 heterocycles. The van der Waals surface area contributed by atoms with E-state index < -0.39 is 0 Å². The Morgan fingerprint density at radius 3 is 0.897 bits per heavy atom. The van der Waals surface area contributed by atoms with E-state index in [0.717, 1.165) is 0 Å². The number of nitrogens with zero attached hydrogens (tertiary/aromatic N) is 2. The lowest BCUT2D eigenvalue weighted by Crippen LogP contribution is -2.39. The molecule has 0 aromatic rings. The van der Waals surface area contributed by atoms with Gasteiger partial charge >= 0.3 is 0 Å². The van der Waals surface area contributed by atoms with Crippen molar-refractivity contribution in [1.82, 2.24) is 9.80 Å². The van der Waals surface area contributed by atoms with Gasteiger partial charge in [0, 0.05) is 25.5 Å². The van der Waals surface area contributed by atoms with Crippen molar-refractivity contribution in [3.63, 3.8) is 0 Å². The Labute approximate surface area is 248 Å². The van der Waals surface area contributed by atoms with Crippen molar-refractivity contribution in [3.8, 4) is 0 Å². The summed E-state index contributed by atoms with van der Waals surface area (Å²) < 4.78 is 0. The predicted molar refractivity (Wildman–Crippen MR) is 177 cm³/mol. The molecule has 0 bridgehead atoms. The van der Waals surface area contributed by atoms with Crippen molar-refractivity contribution in [2.45, 2.75) is 213 Å². The van der Waals surface area contributed by atoms with Crippen molar-refractivity contribution in [3.05, 3.63) is 12.4 Å². The minimum absolute atomic E-state index is 0.641. The summed E-state index contributed by atoms with van der Waals surface area (Å²) in [7, 11) is 0. The fourth-order valence-electron chi connectivity index (χ4n) is 6.36. The van der Waals surface area contributed by atoms with Gasteiger partial charge in [-0.1, -0.05) is 181 Å². The second kappa shape index (κ2) is 28.9. The molecular weight excluding hydrogens is 472 g/mol. The molecule has 1 atom stereocenters. The largest absolute Gasteiger partial charge is 0.356 e. The lowest BCUT2D eigenvalue weighted by molar-refractivity contribution is 0.135. The Morgan fingerprint density at radius 1 is 0.333 bits per heavy atom. The average Bonchev–Trinajstić information content (AvgIpc) is 3.33. The minimum atomic E-state index is 0.641. The van der Waals surface area contributed by atoms with Gasteiger partial charge in [-0.15, -0.1) is 0 Å². The van der Waals surface area contributed by atoms with E-state index in [-0.39, 0.29) is 0 Å². The number of unbranched alkanes of at least 4 members (excludes halogenated alkanes) is 25. The summed E-state index contributed by atoms with van der Waals surface area (Å²) in [5.41, 5.74) is 0. The van der Waals surface area contributed by atoms with Gasteiger partial charge in [-0.2, -0.15) is 0 Å². The molecule has 0 radical (unpaired) electrons. The first-order valence-electron chi connectivity index (χ1n) is 18.5. The Balaban J connectivity index is 2.14. The molecule has 1 unspecified atom stereocenters. The molecule has 232 valence electrons. The Hall–Kier alpha value is -0.660. The van der Waals surface area contributed by atoms with Crippen LogP contribution in [-0.4, -0.2) is 29.1 Å². The first kappa shape index (κ1) is 36.4. The van der Waals surface area contributed by atoms with Crippen LogP contribution in [0.1, 0.15) is 207 Å². The Kier molecular flexibility index (Phi) is 26.9. The van der Waals surface area contributed by atoms with Crippen LogP contribution in [0, 0.1) is 0 Å². The topological polar surface area (TPSA) is 6.48 Å². The minimum Gasteiger partial charge on any atom is -0.356 e. The fraction of sp³-hybridized carbons (Fsp3) is 0.946. The van der Waals surface area contributed by atoms with Gasteiger partial charge in [0.05, 0.1) is 0 Å². The smallest absolute Gasteiger partial charge is 0.101 e. The third kappa shape index (κ3) is 21.7. The van der Waals surface area contributed by atoms with Crippen molar-refractivity contribution in [1.29, 1.82) is 0 Å². The molecule has 0 saturated heterocycles. The molecule has 1 rings (SSSR count). The van der Waals surface area contributed by atoms with Gasteiger partial charge in [0.1, 0.15) is 6.17 Å². The third-order valence-electron chi connectivity index (χ3n) is 9.07. The highest BCUT2D eigenvalue weighted by Crippen LogP contribution is 2.24. The zero-order chi connectivity index (χ0) is 28.1. The molecule has 1 aliphatic heterocycles. The number of hydrogen-bond donors (Lipinski definition) is 0.